The second-order valence-electron chi connectivity index (χ2n) is 8.29. The maximum absolute atomic E-state index is 13.2. The third-order valence-electron chi connectivity index (χ3n) is 6.15. The molecule has 1 aliphatic heterocycles. The van der Waals surface area contributed by atoms with Crippen LogP contribution in [0.5, 0.6) is 0 Å². The van der Waals surface area contributed by atoms with E-state index in [0.717, 1.165) is 42.5 Å². The van der Waals surface area contributed by atoms with Gasteiger partial charge < -0.3 is 5.32 Å². The van der Waals surface area contributed by atoms with Crippen LogP contribution in [0, 0.1) is 6.92 Å². The molecule has 2 aromatic rings. The Kier molecular flexibility index (Phi) is 5.73. The molecular weight excluding hydrogens is 398 g/mol. The topological polar surface area (TPSA) is 69.7 Å². The van der Waals surface area contributed by atoms with Crippen LogP contribution in [0.3, 0.4) is 0 Å². The average molecular weight is 428 g/mol. The van der Waals surface area contributed by atoms with Gasteiger partial charge in [-0.15, -0.1) is 0 Å². The molecule has 1 saturated carbocycles. The molecule has 1 fully saturated rings. The van der Waals surface area contributed by atoms with E-state index in [4.69, 9.17) is 0 Å². The summed E-state index contributed by atoms with van der Waals surface area (Å²) in [5.41, 5.74) is 3.33. The van der Waals surface area contributed by atoms with Crippen molar-refractivity contribution >= 4 is 27.4 Å². The molecule has 6 nitrogen and oxygen atoms in total. The van der Waals surface area contributed by atoms with Crippen molar-refractivity contribution in [3.8, 4) is 0 Å². The van der Waals surface area contributed by atoms with Gasteiger partial charge in [0.15, 0.2) is 0 Å². The molecule has 1 heterocycles. The maximum Gasteiger partial charge on any atom is 0.322 e. The molecule has 2 amide bonds. The SMILES string of the molecule is Cc1cccc(N(C)S(=O)(=O)c2ccc3c(c2)CCN3C(=O)NC2CCCCC2)c1. The molecule has 2 aliphatic rings. The lowest BCUT2D eigenvalue weighted by atomic mass is 9.96. The zero-order valence-electron chi connectivity index (χ0n) is 17.6. The molecule has 0 unspecified atom stereocenters. The van der Waals surface area contributed by atoms with Crippen molar-refractivity contribution in [2.75, 3.05) is 22.8 Å². The van der Waals surface area contributed by atoms with Crippen molar-refractivity contribution in [2.24, 2.45) is 0 Å². The van der Waals surface area contributed by atoms with E-state index in [0.29, 0.717) is 18.7 Å². The minimum atomic E-state index is -3.68. The fourth-order valence-corrected chi connectivity index (χ4v) is 5.61. The van der Waals surface area contributed by atoms with Gasteiger partial charge in [0.05, 0.1) is 10.6 Å². The number of nitrogens with one attached hydrogen (secondary N) is 1. The predicted molar refractivity (Wildman–Crippen MR) is 120 cm³/mol. The van der Waals surface area contributed by atoms with Crippen LogP contribution in [0.15, 0.2) is 47.4 Å². The van der Waals surface area contributed by atoms with Crippen molar-refractivity contribution < 1.29 is 13.2 Å². The van der Waals surface area contributed by atoms with Crippen LogP contribution in [0.2, 0.25) is 0 Å². The number of urea groups is 1. The van der Waals surface area contributed by atoms with Gasteiger partial charge in [-0.1, -0.05) is 31.4 Å². The van der Waals surface area contributed by atoms with Crippen LogP contribution in [-0.4, -0.2) is 34.1 Å². The predicted octanol–water partition coefficient (Wildman–Crippen LogP) is 4.22. The summed E-state index contributed by atoms with van der Waals surface area (Å²) in [4.78, 5) is 14.8. The monoisotopic (exact) mass is 427 g/mol. The summed E-state index contributed by atoms with van der Waals surface area (Å²) < 4.78 is 27.6. The fraction of sp³-hybridized carbons (Fsp3) is 0.435. The summed E-state index contributed by atoms with van der Waals surface area (Å²) in [5.74, 6) is 0. The number of hydrogen-bond acceptors (Lipinski definition) is 3. The number of hydrogen-bond donors (Lipinski definition) is 1. The smallest absolute Gasteiger partial charge is 0.322 e. The molecule has 7 heteroatoms. The van der Waals surface area contributed by atoms with Crippen molar-refractivity contribution in [3.05, 3.63) is 53.6 Å². The summed E-state index contributed by atoms with van der Waals surface area (Å²) in [6.45, 7) is 2.51. The highest BCUT2D eigenvalue weighted by Gasteiger charge is 2.29. The molecule has 160 valence electrons. The number of sulfonamides is 1. The summed E-state index contributed by atoms with van der Waals surface area (Å²) in [6.07, 6.45) is 6.30. The van der Waals surface area contributed by atoms with Crippen molar-refractivity contribution in [3.63, 3.8) is 0 Å². The fourth-order valence-electron chi connectivity index (χ4n) is 4.37. The normalized spacial score (nSPS) is 16.9. The van der Waals surface area contributed by atoms with E-state index in [1.54, 1.807) is 36.2 Å². The van der Waals surface area contributed by atoms with E-state index in [1.807, 2.05) is 25.1 Å². The van der Waals surface area contributed by atoms with Crippen LogP contribution in [0.1, 0.15) is 43.2 Å². The molecule has 0 aromatic heterocycles. The number of rotatable bonds is 4. The van der Waals surface area contributed by atoms with Gasteiger partial charge in [0.2, 0.25) is 0 Å². The first-order chi connectivity index (χ1) is 14.4. The Morgan fingerprint density at radius 2 is 1.87 bits per heavy atom. The second kappa shape index (κ2) is 8.30. The highest BCUT2D eigenvalue weighted by molar-refractivity contribution is 7.92. The largest absolute Gasteiger partial charge is 0.335 e. The highest BCUT2D eigenvalue weighted by atomic mass is 32.2. The van der Waals surface area contributed by atoms with E-state index >= 15 is 0 Å². The van der Waals surface area contributed by atoms with Crippen LogP contribution < -0.4 is 14.5 Å². The number of anilines is 2. The molecule has 1 N–H and O–H groups in total. The second-order valence-corrected chi connectivity index (χ2v) is 10.3. The van der Waals surface area contributed by atoms with Gasteiger partial charge in [-0.2, -0.15) is 0 Å². The number of benzene rings is 2. The lowest BCUT2D eigenvalue weighted by Gasteiger charge is -2.26. The first-order valence-corrected chi connectivity index (χ1v) is 12.1. The Bertz CT molecular complexity index is 1050. The zero-order valence-corrected chi connectivity index (χ0v) is 18.4. The van der Waals surface area contributed by atoms with E-state index in [-0.39, 0.29) is 17.0 Å². The summed E-state index contributed by atoms with van der Waals surface area (Å²) in [5, 5.41) is 3.15. The van der Waals surface area contributed by atoms with Gasteiger partial charge in [0.1, 0.15) is 0 Å². The molecule has 30 heavy (non-hydrogen) atoms. The van der Waals surface area contributed by atoms with Gasteiger partial charge in [-0.25, -0.2) is 13.2 Å². The van der Waals surface area contributed by atoms with E-state index in [2.05, 4.69) is 5.32 Å². The van der Waals surface area contributed by atoms with E-state index in [9.17, 15) is 13.2 Å². The lowest BCUT2D eigenvalue weighted by Crippen LogP contribution is -2.45. The van der Waals surface area contributed by atoms with Gasteiger partial charge in [-0.05, 0) is 67.6 Å². The third kappa shape index (κ3) is 4.03. The van der Waals surface area contributed by atoms with E-state index in [1.165, 1.54) is 10.7 Å². The van der Waals surface area contributed by atoms with E-state index < -0.39 is 10.0 Å². The Morgan fingerprint density at radius 3 is 2.60 bits per heavy atom. The molecule has 0 bridgehead atoms. The summed E-state index contributed by atoms with van der Waals surface area (Å²) in [6, 6.07) is 12.7. The van der Waals surface area contributed by atoms with Crippen molar-refractivity contribution in [2.45, 2.75) is 56.4 Å². The average Bonchev–Trinajstić information content (AvgIpc) is 3.17. The number of carbonyl (C=O) groups excluding carboxylic acids is 1. The van der Waals surface area contributed by atoms with Crippen LogP contribution >= 0.6 is 0 Å². The molecule has 0 atom stereocenters. The molecule has 0 saturated heterocycles. The van der Waals surface area contributed by atoms with Crippen molar-refractivity contribution in [1.29, 1.82) is 0 Å². The maximum atomic E-state index is 13.2. The third-order valence-corrected chi connectivity index (χ3v) is 7.93. The molecule has 1 aliphatic carbocycles. The first-order valence-electron chi connectivity index (χ1n) is 10.6. The zero-order chi connectivity index (χ0) is 21.3. The Morgan fingerprint density at radius 1 is 1.10 bits per heavy atom. The van der Waals surface area contributed by atoms with Crippen LogP contribution in [0.4, 0.5) is 16.2 Å². The van der Waals surface area contributed by atoms with Crippen molar-refractivity contribution in [1.82, 2.24) is 5.32 Å². The minimum absolute atomic E-state index is 0.0758. The summed E-state index contributed by atoms with van der Waals surface area (Å²) >= 11 is 0. The Labute approximate surface area is 178 Å². The highest BCUT2D eigenvalue weighted by Crippen LogP contribution is 2.32. The van der Waals surface area contributed by atoms with Crippen LogP contribution in [0.25, 0.3) is 0 Å². The number of nitrogens with zero attached hydrogens (tertiary/aromatic N) is 2. The molecule has 0 spiro atoms. The number of carbonyl (C=O) groups is 1. The summed E-state index contributed by atoms with van der Waals surface area (Å²) in [7, 11) is -2.11. The van der Waals surface area contributed by atoms with Gasteiger partial charge in [-0.3, -0.25) is 9.21 Å². The molecule has 2 aromatic carbocycles. The quantitative estimate of drug-likeness (QED) is 0.794. The number of amides is 2. The Balaban J connectivity index is 1.53. The van der Waals surface area contributed by atoms with Gasteiger partial charge >= 0.3 is 6.03 Å². The number of fused-ring (bicyclic) bond motifs is 1. The number of aryl methyl sites for hydroxylation is 1. The van der Waals surface area contributed by atoms with Crippen LogP contribution in [-0.2, 0) is 16.4 Å². The molecule has 0 radical (unpaired) electrons. The van der Waals surface area contributed by atoms with Gasteiger partial charge in [0, 0.05) is 25.3 Å². The van der Waals surface area contributed by atoms with Gasteiger partial charge in [0.25, 0.3) is 10.0 Å². The lowest BCUT2D eigenvalue weighted by molar-refractivity contribution is 0.238. The standard InChI is InChI=1S/C23H29N3O3S/c1-17-7-6-10-20(15-17)25(2)30(28,29)21-11-12-22-18(16-21)13-14-26(22)23(27)24-19-8-4-3-5-9-19/h6-7,10-12,15-16,19H,3-5,8-9,13-14H2,1-2H3,(H,24,27). The first kappa shape index (κ1) is 20.7. The minimum Gasteiger partial charge on any atom is -0.335 e. The molecular formula is C23H29N3O3S. The Hall–Kier alpha value is -2.54. The molecule has 4 rings (SSSR count).